The minimum atomic E-state index is 0.561. The number of anilines is 1. The zero-order valence-electron chi connectivity index (χ0n) is 12.4. The Morgan fingerprint density at radius 2 is 1.82 bits per heavy atom. The van der Waals surface area contributed by atoms with E-state index >= 15 is 0 Å². The van der Waals surface area contributed by atoms with Gasteiger partial charge in [-0.2, -0.15) is 0 Å². The molecule has 22 heavy (non-hydrogen) atoms. The average molecular weight is 292 g/mol. The predicted molar refractivity (Wildman–Crippen MR) is 89.3 cm³/mol. The van der Waals surface area contributed by atoms with E-state index in [9.17, 15) is 0 Å². The van der Waals surface area contributed by atoms with E-state index in [1.165, 1.54) is 5.56 Å². The van der Waals surface area contributed by atoms with Crippen molar-refractivity contribution in [2.24, 2.45) is 5.73 Å². The second-order valence-corrected chi connectivity index (χ2v) is 5.37. The van der Waals surface area contributed by atoms with Crippen molar-refractivity contribution in [1.82, 2.24) is 9.55 Å². The predicted octanol–water partition coefficient (Wildman–Crippen LogP) is 2.56. The topological polar surface area (TPSA) is 69.9 Å². The Morgan fingerprint density at radius 1 is 1.00 bits per heavy atom. The van der Waals surface area contributed by atoms with Crippen LogP contribution in [0, 0.1) is 0 Å². The first kappa shape index (κ1) is 14.4. The summed E-state index contributed by atoms with van der Waals surface area (Å²) in [5, 5.41) is 0. The zero-order valence-corrected chi connectivity index (χ0v) is 12.4. The maximum absolute atomic E-state index is 6.03. The molecule has 4 N–H and O–H groups in total. The van der Waals surface area contributed by atoms with Gasteiger partial charge in [-0.1, -0.05) is 42.5 Å². The quantitative estimate of drug-likeness (QED) is 0.710. The molecule has 1 aromatic heterocycles. The van der Waals surface area contributed by atoms with Crippen molar-refractivity contribution in [1.29, 1.82) is 0 Å². The van der Waals surface area contributed by atoms with Gasteiger partial charge in [0.2, 0.25) is 0 Å². The third kappa shape index (κ3) is 3.18. The van der Waals surface area contributed by atoms with Crippen LogP contribution >= 0.6 is 0 Å². The molecular formula is C18H20N4. The molecule has 0 unspecified atom stereocenters. The number of imidazole rings is 1. The Balaban J connectivity index is 1.81. The molecular weight excluding hydrogens is 272 g/mol. The number of aromatic nitrogens is 2. The highest BCUT2D eigenvalue weighted by Crippen LogP contribution is 2.16. The third-order valence-electron chi connectivity index (χ3n) is 3.79. The zero-order chi connectivity index (χ0) is 15.4. The van der Waals surface area contributed by atoms with Gasteiger partial charge in [-0.05, 0) is 22.8 Å². The first-order valence-electron chi connectivity index (χ1n) is 7.37. The number of nitrogens with two attached hydrogens (primary N) is 2. The normalized spacial score (nSPS) is 10.8. The summed E-state index contributed by atoms with van der Waals surface area (Å²) in [7, 11) is 0. The third-order valence-corrected chi connectivity index (χ3v) is 3.79. The SMILES string of the molecule is NCc1cccc(Cn2ccnc2Cc2ccccc2N)c1. The maximum Gasteiger partial charge on any atom is 0.113 e. The van der Waals surface area contributed by atoms with Gasteiger partial charge >= 0.3 is 0 Å². The largest absolute Gasteiger partial charge is 0.398 e. The van der Waals surface area contributed by atoms with Gasteiger partial charge in [0, 0.05) is 37.6 Å². The van der Waals surface area contributed by atoms with Crippen LogP contribution in [0.2, 0.25) is 0 Å². The van der Waals surface area contributed by atoms with Gasteiger partial charge in [0.25, 0.3) is 0 Å². The van der Waals surface area contributed by atoms with Crippen molar-refractivity contribution in [2.45, 2.75) is 19.5 Å². The molecule has 112 valence electrons. The highest BCUT2D eigenvalue weighted by atomic mass is 15.1. The van der Waals surface area contributed by atoms with Crippen LogP contribution in [-0.2, 0) is 19.5 Å². The van der Waals surface area contributed by atoms with Crippen LogP contribution in [0.1, 0.15) is 22.5 Å². The van der Waals surface area contributed by atoms with Gasteiger partial charge in [-0.3, -0.25) is 0 Å². The van der Waals surface area contributed by atoms with Gasteiger partial charge in [-0.25, -0.2) is 4.98 Å². The summed E-state index contributed by atoms with van der Waals surface area (Å²) in [6.45, 7) is 1.35. The fourth-order valence-corrected chi connectivity index (χ4v) is 2.57. The maximum atomic E-state index is 6.03. The fourth-order valence-electron chi connectivity index (χ4n) is 2.57. The van der Waals surface area contributed by atoms with Crippen LogP contribution in [0.5, 0.6) is 0 Å². The van der Waals surface area contributed by atoms with Gasteiger partial charge in [0.1, 0.15) is 5.82 Å². The number of hydrogen-bond donors (Lipinski definition) is 2. The van der Waals surface area contributed by atoms with Crippen LogP contribution in [0.15, 0.2) is 60.9 Å². The molecule has 4 nitrogen and oxygen atoms in total. The Labute approximate surface area is 130 Å². The minimum Gasteiger partial charge on any atom is -0.398 e. The minimum absolute atomic E-state index is 0.561. The Kier molecular flexibility index (Phi) is 4.21. The highest BCUT2D eigenvalue weighted by molar-refractivity contribution is 5.47. The lowest BCUT2D eigenvalue weighted by molar-refractivity contribution is 0.740. The van der Waals surface area contributed by atoms with Crippen LogP contribution in [0.3, 0.4) is 0 Å². The van der Waals surface area contributed by atoms with Crippen LogP contribution < -0.4 is 11.5 Å². The summed E-state index contributed by atoms with van der Waals surface area (Å²) in [5.41, 5.74) is 16.0. The molecule has 3 rings (SSSR count). The lowest BCUT2D eigenvalue weighted by Gasteiger charge is -2.10. The molecule has 1 heterocycles. The number of nitrogens with zero attached hydrogens (tertiary/aromatic N) is 2. The Morgan fingerprint density at radius 3 is 2.64 bits per heavy atom. The van der Waals surface area contributed by atoms with E-state index in [4.69, 9.17) is 11.5 Å². The molecule has 0 radical (unpaired) electrons. The van der Waals surface area contributed by atoms with Crippen molar-refractivity contribution in [2.75, 3.05) is 5.73 Å². The number of para-hydroxylation sites is 1. The Bertz CT molecular complexity index is 761. The van der Waals surface area contributed by atoms with E-state index in [1.54, 1.807) is 0 Å². The molecule has 0 aliphatic heterocycles. The van der Waals surface area contributed by atoms with Crippen molar-refractivity contribution in [3.05, 3.63) is 83.4 Å². The Hall–Kier alpha value is -2.59. The average Bonchev–Trinajstić information content (AvgIpc) is 2.97. The number of nitrogen functional groups attached to an aromatic ring is 1. The molecule has 0 bridgehead atoms. The van der Waals surface area contributed by atoms with Crippen LogP contribution in [0.25, 0.3) is 0 Å². The highest BCUT2D eigenvalue weighted by Gasteiger charge is 2.07. The van der Waals surface area contributed by atoms with E-state index in [2.05, 4.69) is 21.7 Å². The second kappa shape index (κ2) is 6.45. The summed E-state index contributed by atoms with van der Waals surface area (Å²) in [6.07, 6.45) is 4.57. The summed E-state index contributed by atoms with van der Waals surface area (Å²) in [4.78, 5) is 4.47. The molecule has 2 aromatic carbocycles. The summed E-state index contributed by atoms with van der Waals surface area (Å²) in [5.74, 6) is 1.01. The van der Waals surface area contributed by atoms with E-state index < -0.39 is 0 Å². The van der Waals surface area contributed by atoms with Crippen LogP contribution in [-0.4, -0.2) is 9.55 Å². The standard InChI is InChI=1S/C18H20N4/c19-12-14-4-3-5-15(10-14)13-22-9-8-21-18(22)11-16-6-1-2-7-17(16)20/h1-10H,11-13,19-20H2. The first-order chi connectivity index (χ1) is 10.8. The smallest absolute Gasteiger partial charge is 0.113 e. The molecule has 0 amide bonds. The number of rotatable bonds is 5. The summed E-state index contributed by atoms with van der Waals surface area (Å²) >= 11 is 0. The van der Waals surface area contributed by atoms with Crippen molar-refractivity contribution in [3.8, 4) is 0 Å². The van der Waals surface area contributed by atoms with E-state index in [-0.39, 0.29) is 0 Å². The van der Waals surface area contributed by atoms with Gasteiger partial charge in [0.15, 0.2) is 0 Å². The van der Waals surface area contributed by atoms with Crippen molar-refractivity contribution >= 4 is 5.69 Å². The number of hydrogen-bond acceptors (Lipinski definition) is 3. The molecule has 0 atom stereocenters. The van der Waals surface area contributed by atoms with Gasteiger partial charge < -0.3 is 16.0 Å². The molecule has 4 heteroatoms. The van der Waals surface area contributed by atoms with Gasteiger partial charge in [-0.15, -0.1) is 0 Å². The lowest BCUT2D eigenvalue weighted by Crippen LogP contribution is -2.07. The summed E-state index contributed by atoms with van der Waals surface area (Å²) < 4.78 is 2.15. The first-order valence-corrected chi connectivity index (χ1v) is 7.37. The van der Waals surface area contributed by atoms with Crippen molar-refractivity contribution in [3.63, 3.8) is 0 Å². The fraction of sp³-hybridized carbons (Fsp3) is 0.167. The van der Waals surface area contributed by atoms with Gasteiger partial charge in [0.05, 0.1) is 0 Å². The summed E-state index contributed by atoms with van der Waals surface area (Å²) in [6, 6.07) is 16.3. The van der Waals surface area contributed by atoms with Crippen LogP contribution in [0.4, 0.5) is 5.69 Å². The molecule has 0 aliphatic rings. The molecule has 0 fully saturated rings. The molecule has 0 aliphatic carbocycles. The van der Waals surface area contributed by atoms with Crippen molar-refractivity contribution < 1.29 is 0 Å². The van der Waals surface area contributed by atoms with E-state index in [1.807, 2.05) is 48.8 Å². The molecule has 0 saturated carbocycles. The molecule has 3 aromatic rings. The number of benzene rings is 2. The van der Waals surface area contributed by atoms with E-state index in [0.717, 1.165) is 35.6 Å². The molecule has 0 saturated heterocycles. The molecule has 0 spiro atoms. The monoisotopic (exact) mass is 292 g/mol. The van der Waals surface area contributed by atoms with E-state index in [0.29, 0.717) is 6.54 Å². The second-order valence-electron chi connectivity index (χ2n) is 5.37. The lowest BCUT2D eigenvalue weighted by atomic mass is 10.1.